The van der Waals surface area contributed by atoms with Gasteiger partial charge in [0, 0.05) is 29.8 Å². The van der Waals surface area contributed by atoms with E-state index in [4.69, 9.17) is 0 Å². The van der Waals surface area contributed by atoms with Gasteiger partial charge in [0.1, 0.15) is 0 Å². The van der Waals surface area contributed by atoms with E-state index in [1.54, 1.807) is 11.3 Å². The predicted octanol–water partition coefficient (Wildman–Crippen LogP) is 3.48. The lowest BCUT2D eigenvalue weighted by atomic mass is 9.89. The van der Waals surface area contributed by atoms with Crippen molar-refractivity contribution in [2.45, 2.75) is 39.3 Å². The second-order valence-corrected chi connectivity index (χ2v) is 6.04. The first-order chi connectivity index (χ1) is 8.07. The molecule has 5 heteroatoms. The molecule has 0 radical (unpaired) electrons. The number of aromatic amines is 1. The summed E-state index contributed by atoms with van der Waals surface area (Å²) in [5.41, 5.74) is 3.94. The fourth-order valence-electron chi connectivity index (χ4n) is 1.83. The quantitative estimate of drug-likeness (QED) is 0.903. The number of halogens is 1. The van der Waals surface area contributed by atoms with Gasteiger partial charge >= 0.3 is 0 Å². The fraction of sp³-hybridized carbons (Fsp3) is 0.462. The van der Waals surface area contributed by atoms with Crippen molar-refractivity contribution in [1.29, 1.82) is 0 Å². The molecule has 0 aliphatic heterocycles. The van der Waals surface area contributed by atoms with Crippen molar-refractivity contribution in [1.82, 2.24) is 15.5 Å². The van der Waals surface area contributed by atoms with Crippen molar-refractivity contribution in [2.75, 3.05) is 0 Å². The molecule has 2 N–H and O–H groups in total. The van der Waals surface area contributed by atoms with E-state index in [1.165, 1.54) is 16.8 Å². The normalized spacial score (nSPS) is 11.3. The van der Waals surface area contributed by atoms with Gasteiger partial charge in [0.05, 0.1) is 6.20 Å². The van der Waals surface area contributed by atoms with Crippen LogP contribution in [-0.2, 0) is 18.5 Å². The van der Waals surface area contributed by atoms with Gasteiger partial charge in [-0.25, -0.2) is 0 Å². The molecule has 0 saturated carbocycles. The fourth-order valence-corrected chi connectivity index (χ4v) is 2.50. The monoisotopic (exact) mass is 285 g/mol. The predicted molar refractivity (Wildman–Crippen MR) is 79.4 cm³/mol. The highest BCUT2D eigenvalue weighted by Gasteiger charge is 2.19. The zero-order valence-electron chi connectivity index (χ0n) is 11.0. The SMILES string of the molecule is CC(C)(C)c1[nH]ncc1CNCc1ccsc1.Cl. The van der Waals surface area contributed by atoms with Gasteiger partial charge in [-0.2, -0.15) is 16.4 Å². The summed E-state index contributed by atoms with van der Waals surface area (Å²) >= 11 is 1.74. The van der Waals surface area contributed by atoms with Crippen LogP contribution >= 0.6 is 23.7 Å². The van der Waals surface area contributed by atoms with Crippen molar-refractivity contribution in [2.24, 2.45) is 0 Å². The van der Waals surface area contributed by atoms with Crippen LogP contribution in [0.4, 0.5) is 0 Å². The van der Waals surface area contributed by atoms with Crippen molar-refractivity contribution < 1.29 is 0 Å². The Morgan fingerprint density at radius 1 is 1.33 bits per heavy atom. The molecule has 100 valence electrons. The summed E-state index contributed by atoms with van der Waals surface area (Å²) in [5.74, 6) is 0. The minimum atomic E-state index is 0. The molecule has 0 aliphatic rings. The number of hydrogen-bond donors (Lipinski definition) is 2. The molecule has 0 unspecified atom stereocenters. The average molecular weight is 286 g/mol. The molecule has 0 spiro atoms. The molecule has 2 heterocycles. The highest BCUT2D eigenvalue weighted by atomic mass is 35.5. The van der Waals surface area contributed by atoms with E-state index >= 15 is 0 Å². The molecule has 3 nitrogen and oxygen atoms in total. The van der Waals surface area contributed by atoms with Gasteiger partial charge in [-0.15, -0.1) is 12.4 Å². The Kier molecular flexibility index (Phi) is 5.38. The van der Waals surface area contributed by atoms with Gasteiger partial charge in [0.15, 0.2) is 0 Å². The summed E-state index contributed by atoms with van der Waals surface area (Å²) in [7, 11) is 0. The summed E-state index contributed by atoms with van der Waals surface area (Å²) in [6.45, 7) is 8.37. The van der Waals surface area contributed by atoms with Gasteiger partial charge in [-0.3, -0.25) is 5.10 Å². The Balaban J connectivity index is 0.00000162. The van der Waals surface area contributed by atoms with Gasteiger partial charge in [-0.05, 0) is 22.4 Å². The third kappa shape index (κ3) is 3.83. The average Bonchev–Trinajstić information content (AvgIpc) is 2.86. The standard InChI is InChI=1S/C13H19N3S.ClH/c1-13(2,3)12-11(8-15-16-12)7-14-6-10-4-5-17-9-10;/h4-5,8-9,14H,6-7H2,1-3H3,(H,15,16);1H. The molecule has 18 heavy (non-hydrogen) atoms. The van der Waals surface area contributed by atoms with Crippen molar-refractivity contribution in [3.05, 3.63) is 39.8 Å². The number of aromatic nitrogens is 2. The Morgan fingerprint density at radius 2 is 2.11 bits per heavy atom. The number of thiophene rings is 1. The second kappa shape index (κ2) is 6.36. The molecule has 0 fully saturated rings. The Bertz CT molecular complexity index is 457. The lowest BCUT2D eigenvalue weighted by molar-refractivity contribution is 0.553. The minimum absolute atomic E-state index is 0. The summed E-state index contributed by atoms with van der Waals surface area (Å²) in [6.07, 6.45) is 1.92. The van der Waals surface area contributed by atoms with Crippen molar-refractivity contribution in [3.63, 3.8) is 0 Å². The molecule has 2 aromatic rings. The highest BCUT2D eigenvalue weighted by Crippen LogP contribution is 2.23. The number of H-pyrrole nitrogens is 1. The lowest BCUT2D eigenvalue weighted by Crippen LogP contribution is -2.18. The third-order valence-electron chi connectivity index (χ3n) is 2.69. The zero-order valence-corrected chi connectivity index (χ0v) is 12.6. The first kappa shape index (κ1) is 15.2. The maximum Gasteiger partial charge on any atom is 0.0535 e. The summed E-state index contributed by atoms with van der Waals surface area (Å²) in [4.78, 5) is 0. The Morgan fingerprint density at radius 3 is 2.72 bits per heavy atom. The van der Waals surface area contributed by atoms with Crippen LogP contribution in [-0.4, -0.2) is 10.2 Å². The van der Waals surface area contributed by atoms with Crippen LogP contribution in [0.2, 0.25) is 0 Å². The van der Waals surface area contributed by atoms with E-state index in [2.05, 4.69) is 53.1 Å². The van der Waals surface area contributed by atoms with Crippen molar-refractivity contribution in [3.8, 4) is 0 Å². The third-order valence-corrected chi connectivity index (χ3v) is 3.42. The minimum Gasteiger partial charge on any atom is -0.308 e. The van der Waals surface area contributed by atoms with Crippen LogP contribution < -0.4 is 5.32 Å². The van der Waals surface area contributed by atoms with E-state index in [-0.39, 0.29) is 17.8 Å². The molecule has 0 aromatic carbocycles. The topological polar surface area (TPSA) is 40.7 Å². The number of hydrogen-bond acceptors (Lipinski definition) is 3. The van der Waals surface area contributed by atoms with Crippen LogP contribution in [0.5, 0.6) is 0 Å². The van der Waals surface area contributed by atoms with Gasteiger partial charge in [0.2, 0.25) is 0 Å². The van der Waals surface area contributed by atoms with Crippen LogP contribution in [0.15, 0.2) is 23.0 Å². The van der Waals surface area contributed by atoms with Gasteiger partial charge in [-0.1, -0.05) is 20.8 Å². The van der Waals surface area contributed by atoms with Crippen molar-refractivity contribution >= 4 is 23.7 Å². The molecule has 0 bridgehead atoms. The first-order valence-electron chi connectivity index (χ1n) is 5.82. The number of nitrogens with zero attached hydrogens (tertiary/aromatic N) is 1. The second-order valence-electron chi connectivity index (χ2n) is 5.26. The molecule has 0 amide bonds. The first-order valence-corrected chi connectivity index (χ1v) is 6.76. The summed E-state index contributed by atoms with van der Waals surface area (Å²) in [5, 5.41) is 15.0. The summed E-state index contributed by atoms with van der Waals surface area (Å²) in [6, 6.07) is 2.15. The van der Waals surface area contributed by atoms with E-state index in [1.807, 2.05) is 6.20 Å². The molecular formula is C13H20ClN3S. The zero-order chi connectivity index (χ0) is 12.3. The molecule has 0 saturated heterocycles. The van der Waals surface area contributed by atoms with Crippen LogP contribution in [0.25, 0.3) is 0 Å². The Hall–Kier alpha value is -0.840. The van der Waals surface area contributed by atoms with Gasteiger partial charge in [0.25, 0.3) is 0 Å². The van der Waals surface area contributed by atoms with E-state index in [9.17, 15) is 0 Å². The smallest absolute Gasteiger partial charge is 0.0535 e. The molecule has 0 atom stereocenters. The largest absolute Gasteiger partial charge is 0.308 e. The van der Waals surface area contributed by atoms with E-state index < -0.39 is 0 Å². The van der Waals surface area contributed by atoms with Crippen LogP contribution in [0.3, 0.4) is 0 Å². The maximum atomic E-state index is 4.14. The number of nitrogens with one attached hydrogen (secondary N) is 2. The maximum absolute atomic E-state index is 4.14. The highest BCUT2D eigenvalue weighted by molar-refractivity contribution is 7.07. The number of rotatable bonds is 4. The van der Waals surface area contributed by atoms with Crippen LogP contribution in [0.1, 0.15) is 37.6 Å². The molecule has 0 aliphatic carbocycles. The molecule has 2 rings (SSSR count). The van der Waals surface area contributed by atoms with Crippen LogP contribution in [0, 0.1) is 0 Å². The Labute approximate surface area is 118 Å². The van der Waals surface area contributed by atoms with E-state index in [0.29, 0.717) is 0 Å². The van der Waals surface area contributed by atoms with Gasteiger partial charge < -0.3 is 5.32 Å². The lowest BCUT2D eigenvalue weighted by Gasteiger charge is -2.18. The summed E-state index contributed by atoms with van der Waals surface area (Å²) < 4.78 is 0. The van der Waals surface area contributed by atoms with E-state index in [0.717, 1.165) is 13.1 Å². The molecular weight excluding hydrogens is 266 g/mol. The molecule has 2 aromatic heterocycles.